The average Bonchev–Trinajstić information content (AvgIpc) is 2.16. The van der Waals surface area contributed by atoms with Gasteiger partial charge in [0, 0.05) is 10.8 Å². The van der Waals surface area contributed by atoms with Gasteiger partial charge in [0.15, 0.2) is 12.4 Å². The van der Waals surface area contributed by atoms with Gasteiger partial charge in [-0.3, -0.25) is 0 Å². The average molecular weight is 170 g/mol. The molecule has 1 heterocycles. The SMILES string of the molecule is N#Cc1c[n+]([O-])cc2ccccc12. The van der Waals surface area contributed by atoms with Gasteiger partial charge in [-0.15, -0.1) is 0 Å². The highest BCUT2D eigenvalue weighted by molar-refractivity contribution is 5.85. The molecule has 0 unspecified atom stereocenters. The van der Waals surface area contributed by atoms with Crippen molar-refractivity contribution in [3.63, 3.8) is 0 Å². The zero-order valence-corrected chi connectivity index (χ0v) is 6.77. The van der Waals surface area contributed by atoms with E-state index in [4.69, 9.17) is 5.26 Å². The number of nitriles is 1. The molecule has 0 amide bonds. The van der Waals surface area contributed by atoms with Gasteiger partial charge in [0.25, 0.3) is 0 Å². The minimum absolute atomic E-state index is 0.410. The summed E-state index contributed by atoms with van der Waals surface area (Å²) in [6.45, 7) is 0. The molecular weight excluding hydrogens is 164 g/mol. The first kappa shape index (κ1) is 7.56. The fraction of sp³-hybridized carbons (Fsp3) is 0. The molecule has 0 saturated carbocycles. The Morgan fingerprint density at radius 3 is 2.77 bits per heavy atom. The number of benzene rings is 1. The maximum Gasteiger partial charge on any atom is 0.198 e. The molecule has 0 spiro atoms. The van der Waals surface area contributed by atoms with Crippen LogP contribution in [0.4, 0.5) is 0 Å². The highest BCUT2D eigenvalue weighted by Gasteiger charge is 2.04. The molecule has 2 rings (SSSR count). The summed E-state index contributed by atoms with van der Waals surface area (Å²) in [5.74, 6) is 0. The quantitative estimate of drug-likeness (QED) is 0.442. The summed E-state index contributed by atoms with van der Waals surface area (Å²) in [5, 5.41) is 21.4. The third-order valence-electron chi connectivity index (χ3n) is 1.89. The molecule has 62 valence electrons. The van der Waals surface area contributed by atoms with Crippen molar-refractivity contribution in [3.05, 3.63) is 47.4 Å². The van der Waals surface area contributed by atoms with Gasteiger partial charge in [-0.25, -0.2) is 0 Å². The predicted molar refractivity (Wildman–Crippen MR) is 47.6 cm³/mol. The molecular formula is C10H6N2O. The normalized spacial score (nSPS) is 9.77. The molecule has 0 aliphatic carbocycles. The minimum atomic E-state index is 0.410. The van der Waals surface area contributed by atoms with Crippen molar-refractivity contribution >= 4 is 10.8 Å². The van der Waals surface area contributed by atoms with Crippen LogP contribution >= 0.6 is 0 Å². The van der Waals surface area contributed by atoms with Crippen molar-refractivity contribution in [1.29, 1.82) is 5.26 Å². The van der Waals surface area contributed by atoms with Gasteiger partial charge >= 0.3 is 0 Å². The van der Waals surface area contributed by atoms with Crippen LogP contribution in [0.2, 0.25) is 0 Å². The largest absolute Gasteiger partial charge is 0.619 e. The van der Waals surface area contributed by atoms with Crippen molar-refractivity contribution in [1.82, 2.24) is 0 Å². The summed E-state index contributed by atoms with van der Waals surface area (Å²) in [7, 11) is 0. The van der Waals surface area contributed by atoms with Crippen LogP contribution in [-0.4, -0.2) is 0 Å². The van der Waals surface area contributed by atoms with Crippen LogP contribution in [0.25, 0.3) is 10.8 Å². The Bertz CT molecular complexity index is 500. The molecule has 0 saturated heterocycles. The fourth-order valence-corrected chi connectivity index (χ4v) is 1.32. The van der Waals surface area contributed by atoms with E-state index < -0.39 is 0 Å². The van der Waals surface area contributed by atoms with Crippen molar-refractivity contribution in [2.24, 2.45) is 0 Å². The first-order valence-corrected chi connectivity index (χ1v) is 3.83. The third kappa shape index (κ3) is 1.18. The molecule has 3 heteroatoms. The lowest BCUT2D eigenvalue weighted by molar-refractivity contribution is -0.604. The minimum Gasteiger partial charge on any atom is -0.619 e. The Kier molecular flexibility index (Phi) is 1.60. The Labute approximate surface area is 75.0 Å². The number of hydrogen-bond donors (Lipinski definition) is 0. The van der Waals surface area contributed by atoms with Crippen molar-refractivity contribution < 1.29 is 4.73 Å². The Morgan fingerprint density at radius 2 is 2.00 bits per heavy atom. The van der Waals surface area contributed by atoms with Crippen LogP contribution in [0.5, 0.6) is 0 Å². The third-order valence-corrected chi connectivity index (χ3v) is 1.89. The van der Waals surface area contributed by atoms with E-state index in [-0.39, 0.29) is 0 Å². The summed E-state index contributed by atoms with van der Waals surface area (Å²) in [5.41, 5.74) is 0.410. The van der Waals surface area contributed by atoms with Crippen LogP contribution in [-0.2, 0) is 0 Å². The summed E-state index contributed by atoms with van der Waals surface area (Å²) in [4.78, 5) is 0. The van der Waals surface area contributed by atoms with Crippen LogP contribution < -0.4 is 4.73 Å². The maximum absolute atomic E-state index is 11.0. The van der Waals surface area contributed by atoms with Gasteiger partial charge in [0.1, 0.15) is 11.6 Å². The Hall–Kier alpha value is -2.08. The van der Waals surface area contributed by atoms with E-state index in [9.17, 15) is 5.21 Å². The first-order chi connectivity index (χ1) is 6.31. The van der Waals surface area contributed by atoms with E-state index >= 15 is 0 Å². The van der Waals surface area contributed by atoms with E-state index in [1.165, 1.54) is 12.4 Å². The number of hydrogen-bond acceptors (Lipinski definition) is 2. The first-order valence-electron chi connectivity index (χ1n) is 3.83. The van der Waals surface area contributed by atoms with Crippen LogP contribution in [0.1, 0.15) is 5.56 Å². The number of nitrogens with zero attached hydrogens (tertiary/aromatic N) is 2. The van der Waals surface area contributed by atoms with Gasteiger partial charge in [0.05, 0.1) is 0 Å². The second-order valence-electron chi connectivity index (χ2n) is 2.73. The van der Waals surface area contributed by atoms with Gasteiger partial charge in [-0.05, 0) is 6.07 Å². The topological polar surface area (TPSA) is 50.7 Å². The fourth-order valence-electron chi connectivity index (χ4n) is 1.32. The monoisotopic (exact) mass is 170 g/mol. The molecule has 2 aromatic rings. The summed E-state index contributed by atoms with van der Waals surface area (Å²) < 4.78 is 0.654. The highest BCUT2D eigenvalue weighted by Crippen LogP contribution is 2.14. The lowest BCUT2D eigenvalue weighted by atomic mass is 10.1. The van der Waals surface area contributed by atoms with E-state index in [1.54, 1.807) is 0 Å². The number of aromatic nitrogens is 1. The van der Waals surface area contributed by atoms with Crippen LogP contribution in [0, 0.1) is 16.5 Å². The number of rotatable bonds is 0. The summed E-state index contributed by atoms with van der Waals surface area (Å²) in [6.07, 6.45) is 2.73. The standard InChI is InChI=1S/C10H6N2O/c11-5-9-7-12(13)6-8-3-1-2-4-10(8)9/h1-4,6-7H. The maximum atomic E-state index is 11.0. The highest BCUT2D eigenvalue weighted by atomic mass is 16.5. The second kappa shape index (κ2) is 2.76. The molecule has 0 bridgehead atoms. The van der Waals surface area contributed by atoms with E-state index in [2.05, 4.69) is 0 Å². The van der Waals surface area contributed by atoms with E-state index in [0.717, 1.165) is 10.8 Å². The van der Waals surface area contributed by atoms with Gasteiger partial charge in [-0.1, -0.05) is 18.2 Å². The van der Waals surface area contributed by atoms with Gasteiger partial charge in [0.2, 0.25) is 0 Å². The molecule has 1 aromatic heterocycles. The van der Waals surface area contributed by atoms with Crippen molar-refractivity contribution in [2.45, 2.75) is 0 Å². The number of fused-ring (bicyclic) bond motifs is 1. The van der Waals surface area contributed by atoms with Crippen LogP contribution in [0.15, 0.2) is 36.7 Å². The molecule has 0 atom stereocenters. The lowest BCUT2D eigenvalue weighted by Gasteiger charge is -1.99. The van der Waals surface area contributed by atoms with Gasteiger partial charge in [-0.2, -0.15) is 9.99 Å². The second-order valence-corrected chi connectivity index (χ2v) is 2.73. The smallest absolute Gasteiger partial charge is 0.198 e. The summed E-state index contributed by atoms with van der Waals surface area (Å²) in [6, 6.07) is 9.31. The Balaban J connectivity index is 2.91. The molecule has 1 aromatic carbocycles. The molecule has 0 fully saturated rings. The van der Waals surface area contributed by atoms with Crippen molar-refractivity contribution in [2.75, 3.05) is 0 Å². The van der Waals surface area contributed by atoms with Crippen molar-refractivity contribution in [3.8, 4) is 6.07 Å². The number of pyridine rings is 1. The Morgan fingerprint density at radius 1 is 1.23 bits per heavy atom. The molecule has 13 heavy (non-hydrogen) atoms. The lowest BCUT2D eigenvalue weighted by Crippen LogP contribution is -2.24. The molecule has 0 radical (unpaired) electrons. The van der Waals surface area contributed by atoms with E-state index in [0.29, 0.717) is 10.3 Å². The zero-order chi connectivity index (χ0) is 9.26. The molecule has 0 aliphatic rings. The van der Waals surface area contributed by atoms with E-state index in [1.807, 2.05) is 30.3 Å². The predicted octanol–water partition coefficient (Wildman–Crippen LogP) is 1.34. The van der Waals surface area contributed by atoms with Gasteiger partial charge < -0.3 is 5.21 Å². The molecule has 0 aliphatic heterocycles. The van der Waals surface area contributed by atoms with Crippen LogP contribution in [0.3, 0.4) is 0 Å². The molecule has 3 nitrogen and oxygen atoms in total. The summed E-state index contributed by atoms with van der Waals surface area (Å²) >= 11 is 0. The molecule has 0 N–H and O–H groups in total. The zero-order valence-electron chi connectivity index (χ0n) is 6.77.